The molecule has 0 aliphatic heterocycles. The lowest BCUT2D eigenvalue weighted by Gasteiger charge is -2.14. The molecule has 0 aliphatic carbocycles. The van der Waals surface area contributed by atoms with Crippen molar-refractivity contribution in [1.29, 1.82) is 0 Å². The van der Waals surface area contributed by atoms with E-state index in [1.165, 1.54) is 18.4 Å². The minimum atomic E-state index is -0.849. The predicted octanol–water partition coefficient (Wildman–Crippen LogP) is 3.65. The highest BCUT2D eigenvalue weighted by atomic mass is 35.5. The number of rotatable bonds is 8. The number of amides is 1. The number of phenols is 1. The lowest BCUT2D eigenvalue weighted by atomic mass is 10.0. The second kappa shape index (κ2) is 10.9. The van der Waals surface area contributed by atoms with E-state index in [-0.39, 0.29) is 41.1 Å². The van der Waals surface area contributed by atoms with E-state index in [1.807, 2.05) is 0 Å². The Bertz CT molecular complexity index is 1290. The monoisotopic (exact) mass is 498 g/mol. The molecule has 0 saturated heterocycles. The molecule has 2 radical (unpaired) electrons. The summed E-state index contributed by atoms with van der Waals surface area (Å²) in [6, 6.07) is 11.3. The molecule has 10 heteroatoms. The van der Waals surface area contributed by atoms with Crippen molar-refractivity contribution in [2.75, 3.05) is 18.5 Å². The van der Waals surface area contributed by atoms with Crippen molar-refractivity contribution >= 4 is 53.3 Å². The molecule has 0 atom stereocenters. The van der Waals surface area contributed by atoms with Crippen LogP contribution in [0.1, 0.15) is 31.8 Å². The van der Waals surface area contributed by atoms with E-state index in [4.69, 9.17) is 33.7 Å². The Labute approximate surface area is 204 Å². The summed E-state index contributed by atoms with van der Waals surface area (Å²) in [5, 5.41) is 13.2. The molecular weight excluding hydrogens is 483 g/mol. The quantitative estimate of drug-likeness (QED) is 0.403. The van der Waals surface area contributed by atoms with Gasteiger partial charge in [-0.15, -0.1) is 0 Å². The number of halogens is 2. The fourth-order valence-corrected chi connectivity index (χ4v) is 3.60. The summed E-state index contributed by atoms with van der Waals surface area (Å²) >= 11 is 12.3. The van der Waals surface area contributed by atoms with Gasteiger partial charge >= 0.3 is 5.97 Å². The molecule has 0 bridgehead atoms. The van der Waals surface area contributed by atoms with Crippen LogP contribution in [-0.4, -0.2) is 42.7 Å². The van der Waals surface area contributed by atoms with Gasteiger partial charge in [0.25, 0.3) is 5.91 Å². The van der Waals surface area contributed by atoms with Crippen molar-refractivity contribution in [1.82, 2.24) is 0 Å². The lowest BCUT2D eigenvalue weighted by molar-refractivity contribution is 0.0518. The van der Waals surface area contributed by atoms with Crippen LogP contribution in [0.2, 0.25) is 10.0 Å². The number of hydrogen-bond donors (Lipinski definition) is 3. The molecule has 34 heavy (non-hydrogen) atoms. The van der Waals surface area contributed by atoms with E-state index < -0.39 is 17.6 Å². The Morgan fingerprint density at radius 2 is 1.71 bits per heavy atom. The van der Waals surface area contributed by atoms with Crippen LogP contribution in [0.25, 0.3) is 11.1 Å². The highest BCUT2D eigenvalue weighted by molar-refractivity contribution is 6.36. The Hall–Kier alpha value is -3.72. The number of benzene rings is 3. The summed E-state index contributed by atoms with van der Waals surface area (Å²) in [5.74, 6) is -2.15. The van der Waals surface area contributed by atoms with Gasteiger partial charge < -0.3 is 20.9 Å². The zero-order valence-corrected chi connectivity index (χ0v) is 18.9. The smallest absolute Gasteiger partial charge is 0.340 e. The number of phenolic OH excluding ortho intramolecular Hbond substituents is 1. The molecule has 0 saturated carbocycles. The summed E-state index contributed by atoms with van der Waals surface area (Å²) in [6.07, 6.45) is 3.00. The number of carbonyl (C=O) groups excluding carboxylic acids is 4. The lowest BCUT2D eigenvalue weighted by Crippen LogP contribution is -2.19. The van der Waals surface area contributed by atoms with E-state index in [1.54, 1.807) is 30.6 Å². The Morgan fingerprint density at radius 1 is 0.971 bits per heavy atom. The standard InChI is InChI=1S/C24H16Cl2N2O6/c25-16-2-4-17(20(26)9-16)13-1-3-18(24(33)34-6-5-27)21(8-13)28-23(32)19-10-22(31)15(12-30)7-14(19)11-29/h1-4,7-10,31H,5-6,27H2,(H,28,32). The second-order valence-corrected chi connectivity index (χ2v) is 7.73. The molecule has 0 aliphatic rings. The van der Waals surface area contributed by atoms with Crippen molar-refractivity contribution in [3.05, 3.63) is 80.8 Å². The van der Waals surface area contributed by atoms with E-state index in [9.17, 15) is 24.3 Å². The molecule has 0 unspecified atom stereocenters. The summed E-state index contributed by atoms with van der Waals surface area (Å²) in [7, 11) is 0. The molecule has 3 aromatic carbocycles. The maximum Gasteiger partial charge on any atom is 0.340 e. The molecule has 0 heterocycles. The van der Waals surface area contributed by atoms with Gasteiger partial charge in [0.15, 0.2) is 0 Å². The van der Waals surface area contributed by atoms with Gasteiger partial charge in [0.2, 0.25) is 12.6 Å². The number of aromatic hydroxyl groups is 1. The minimum Gasteiger partial charge on any atom is -0.507 e. The number of anilines is 1. The van der Waals surface area contributed by atoms with Crippen molar-refractivity contribution in [3.8, 4) is 16.9 Å². The number of ether oxygens (including phenoxy) is 1. The first-order valence-corrected chi connectivity index (χ1v) is 10.5. The van der Waals surface area contributed by atoms with Crippen LogP contribution in [0.5, 0.6) is 5.75 Å². The minimum absolute atomic E-state index is 0.00864. The van der Waals surface area contributed by atoms with Crippen LogP contribution in [0, 0.1) is 0 Å². The Balaban J connectivity index is 2.07. The maximum atomic E-state index is 13.0. The first kappa shape index (κ1) is 24.9. The highest BCUT2D eigenvalue weighted by Crippen LogP contribution is 2.33. The van der Waals surface area contributed by atoms with E-state index in [0.29, 0.717) is 21.2 Å². The van der Waals surface area contributed by atoms with E-state index in [2.05, 4.69) is 5.32 Å². The van der Waals surface area contributed by atoms with Crippen molar-refractivity contribution in [2.24, 2.45) is 5.73 Å². The molecule has 3 aromatic rings. The number of nitrogens with two attached hydrogens (primary N) is 1. The maximum absolute atomic E-state index is 13.0. The molecule has 0 spiro atoms. The highest BCUT2D eigenvalue weighted by Gasteiger charge is 2.21. The van der Waals surface area contributed by atoms with Crippen LogP contribution in [0.3, 0.4) is 0 Å². The number of esters is 1. The predicted molar refractivity (Wildman–Crippen MR) is 127 cm³/mol. The third-order valence-electron chi connectivity index (χ3n) is 4.68. The van der Waals surface area contributed by atoms with E-state index in [0.717, 1.165) is 12.1 Å². The SMILES string of the molecule is NCCOC(=O)c1ccc(-c2ccc(Cl)cc2Cl)cc1NC(=O)c1cc(O)c([C]=O)cc1[C]=O. The van der Waals surface area contributed by atoms with Gasteiger partial charge in [-0.2, -0.15) is 0 Å². The third-order valence-corrected chi connectivity index (χ3v) is 5.23. The van der Waals surface area contributed by atoms with E-state index >= 15 is 0 Å². The van der Waals surface area contributed by atoms with Crippen LogP contribution in [0.4, 0.5) is 5.69 Å². The third kappa shape index (κ3) is 5.43. The number of nitrogens with one attached hydrogen (secondary N) is 1. The normalized spacial score (nSPS) is 10.4. The summed E-state index contributed by atoms with van der Waals surface area (Å²) in [5.41, 5.74) is 5.70. The summed E-state index contributed by atoms with van der Waals surface area (Å²) in [4.78, 5) is 47.8. The van der Waals surface area contributed by atoms with Gasteiger partial charge in [0, 0.05) is 27.7 Å². The first-order valence-electron chi connectivity index (χ1n) is 9.70. The topological polar surface area (TPSA) is 136 Å². The van der Waals surface area contributed by atoms with Gasteiger partial charge in [0.05, 0.1) is 22.4 Å². The zero-order chi connectivity index (χ0) is 24.8. The van der Waals surface area contributed by atoms with Crippen molar-refractivity contribution < 1.29 is 29.0 Å². The molecule has 3 rings (SSSR count). The number of hydrogen-bond acceptors (Lipinski definition) is 7. The largest absolute Gasteiger partial charge is 0.507 e. The zero-order valence-electron chi connectivity index (χ0n) is 17.4. The van der Waals surface area contributed by atoms with Crippen LogP contribution >= 0.6 is 23.2 Å². The van der Waals surface area contributed by atoms with Gasteiger partial charge in [-0.25, -0.2) is 4.79 Å². The van der Waals surface area contributed by atoms with Gasteiger partial charge in [-0.3, -0.25) is 14.4 Å². The molecule has 0 aromatic heterocycles. The fourth-order valence-electron chi connectivity index (χ4n) is 3.08. The van der Waals surface area contributed by atoms with Crippen molar-refractivity contribution in [3.63, 3.8) is 0 Å². The average molecular weight is 499 g/mol. The Morgan fingerprint density at radius 3 is 2.35 bits per heavy atom. The fraction of sp³-hybridized carbons (Fsp3) is 0.0833. The molecule has 1 amide bonds. The molecular formula is C24H16Cl2N2O6. The average Bonchev–Trinajstić information content (AvgIpc) is 2.82. The summed E-state index contributed by atoms with van der Waals surface area (Å²) in [6.45, 7) is 0.0581. The Kier molecular flexibility index (Phi) is 8.01. The van der Waals surface area contributed by atoms with Gasteiger partial charge in [-0.05, 0) is 42.0 Å². The number of carbonyl (C=O) groups is 2. The second-order valence-electron chi connectivity index (χ2n) is 6.88. The summed E-state index contributed by atoms with van der Waals surface area (Å²) < 4.78 is 5.08. The van der Waals surface area contributed by atoms with Gasteiger partial charge in [0.1, 0.15) is 12.4 Å². The first-order chi connectivity index (χ1) is 16.3. The van der Waals surface area contributed by atoms with Crippen LogP contribution < -0.4 is 11.1 Å². The molecule has 172 valence electrons. The van der Waals surface area contributed by atoms with Crippen molar-refractivity contribution in [2.45, 2.75) is 0 Å². The molecule has 0 fully saturated rings. The molecule has 8 nitrogen and oxygen atoms in total. The van der Waals surface area contributed by atoms with Crippen LogP contribution in [-0.2, 0) is 14.3 Å². The van der Waals surface area contributed by atoms with Gasteiger partial charge in [-0.1, -0.05) is 35.3 Å². The van der Waals surface area contributed by atoms with Crippen LogP contribution in [0.15, 0.2) is 48.5 Å². The molecule has 4 N–H and O–H groups in total.